The number of methoxy groups -OCH3 is 1. The average molecular weight is 496 g/mol. The van der Waals surface area contributed by atoms with Crippen LogP contribution in [0.1, 0.15) is 22.0 Å². The van der Waals surface area contributed by atoms with Gasteiger partial charge in [-0.15, -0.1) is 0 Å². The number of anilines is 2. The second-order valence-corrected chi connectivity index (χ2v) is 8.37. The average Bonchev–Trinajstić information content (AvgIpc) is 3.37. The monoisotopic (exact) mass is 495 g/mol. The Labute approximate surface area is 212 Å². The summed E-state index contributed by atoms with van der Waals surface area (Å²) in [5, 5.41) is 16.6. The molecule has 5 aromatic rings. The number of hydrogen-bond acceptors (Lipinski definition) is 6. The molecule has 0 aliphatic heterocycles. The molecular weight excluding hydrogens is 470 g/mol. The summed E-state index contributed by atoms with van der Waals surface area (Å²) >= 11 is 0. The van der Waals surface area contributed by atoms with E-state index in [1.54, 1.807) is 55.6 Å². The van der Waals surface area contributed by atoms with Gasteiger partial charge >= 0.3 is 0 Å². The van der Waals surface area contributed by atoms with E-state index < -0.39 is 6.10 Å². The van der Waals surface area contributed by atoms with Crippen LogP contribution in [-0.2, 0) is 0 Å². The molecule has 9 nitrogen and oxygen atoms in total. The third-order valence-corrected chi connectivity index (χ3v) is 5.97. The number of rotatable bonds is 8. The second-order valence-electron chi connectivity index (χ2n) is 8.37. The van der Waals surface area contributed by atoms with Gasteiger partial charge in [-0.2, -0.15) is 0 Å². The van der Waals surface area contributed by atoms with E-state index in [0.717, 1.165) is 5.56 Å². The molecule has 9 heteroatoms. The van der Waals surface area contributed by atoms with Crippen LogP contribution in [0.5, 0.6) is 5.75 Å². The molecule has 0 saturated heterocycles. The lowest BCUT2D eigenvalue weighted by Crippen LogP contribution is -2.17. The molecule has 37 heavy (non-hydrogen) atoms. The minimum Gasteiger partial charge on any atom is -0.497 e. The van der Waals surface area contributed by atoms with Gasteiger partial charge in [-0.05, 0) is 42.0 Å². The topological polar surface area (TPSA) is 132 Å². The highest BCUT2D eigenvalue weighted by atomic mass is 16.5. The van der Waals surface area contributed by atoms with Crippen LogP contribution in [-0.4, -0.2) is 39.6 Å². The summed E-state index contributed by atoms with van der Waals surface area (Å²) in [6, 6.07) is 23.2. The van der Waals surface area contributed by atoms with Gasteiger partial charge in [-0.25, -0.2) is 4.98 Å². The van der Waals surface area contributed by atoms with Gasteiger partial charge in [-0.3, -0.25) is 9.59 Å². The Bertz CT molecular complexity index is 1610. The lowest BCUT2D eigenvalue weighted by Gasteiger charge is -2.14. The number of fused-ring (bicyclic) bond motifs is 1. The number of pyridine rings is 1. The van der Waals surface area contributed by atoms with Crippen molar-refractivity contribution in [2.45, 2.75) is 6.10 Å². The first kappa shape index (κ1) is 23.8. The molecule has 3 aromatic carbocycles. The number of nitrogens with zero attached hydrogens (tertiary/aromatic N) is 1. The first-order valence-electron chi connectivity index (χ1n) is 11.7. The van der Waals surface area contributed by atoms with Gasteiger partial charge in [0.2, 0.25) is 0 Å². The number of hydrogen-bond donors (Lipinski definition) is 5. The SMILES string of the molecule is COc1cccc(C(=O)Nc2cccc3nc(-c4c(NC[C@H](O)c5ccccc5)cc[nH]c4=O)[nH]c23)c1. The second kappa shape index (κ2) is 10.4. The molecule has 1 amide bonds. The van der Waals surface area contributed by atoms with E-state index >= 15 is 0 Å². The molecule has 0 spiro atoms. The molecule has 0 radical (unpaired) electrons. The number of aliphatic hydroxyl groups excluding tert-OH is 1. The normalized spacial score (nSPS) is 11.7. The summed E-state index contributed by atoms with van der Waals surface area (Å²) in [4.78, 5) is 36.2. The molecule has 0 aliphatic carbocycles. The number of aliphatic hydroxyl groups is 1. The number of nitrogens with one attached hydrogen (secondary N) is 4. The molecule has 1 atom stereocenters. The number of aromatic nitrogens is 3. The molecule has 2 heterocycles. The molecule has 0 aliphatic rings. The molecule has 2 aromatic heterocycles. The quantitative estimate of drug-likeness (QED) is 0.218. The number of benzene rings is 3. The standard InChI is InChI=1S/C28H25N5O4/c1-37-19-10-5-9-18(15-19)27(35)32-22-12-6-11-21-25(22)33-26(31-21)24-20(13-14-29-28(24)36)30-16-23(34)17-7-3-2-4-8-17/h2-15,23,34H,16H2,1H3,(H,31,33)(H,32,35)(H2,29,30,36)/t23-/m0/s1. The Hall–Kier alpha value is -4.89. The fraction of sp³-hybridized carbons (Fsp3) is 0.107. The van der Waals surface area contributed by atoms with Crippen LogP contribution in [0.3, 0.4) is 0 Å². The van der Waals surface area contributed by atoms with E-state index in [4.69, 9.17) is 4.74 Å². The van der Waals surface area contributed by atoms with Crippen LogP contribution in [0.2, 0.25) is 0 Å². The van der Waals surface area contributed by atoms with E-state index in [9.17, 15) is 14.7 Å². The first-order valence-corrected chi connectivity index (χ1v) is 11.7. The maximum Gasteiger partial charge on any atom is 0.261 e. The van der Waals surface area contributed by atoms with Crippen molar-refractivity contribution in [1.82, 2.24) is 15.0 Å². The van der Waals surface area contributed by atoms with Gasteiger partial charge in [0.05, 0.1) is 35.6 Å². The molecule has 0 fully saturated rings. The zero-order valence-electron chi connectivity index (χ0n) is 20.0. The van der Waals surface area contributed by atoms with Crippen LogP contribution < -0.4 is 20.9 Å². The third kappa shape index (κ3) is 5.07. The molecule has 0 saturated carbocycles. The van der Waals surface area contributed by atoms with Crippen molar-refractivity contribution < 1.29 is 14.6 Å². The maximum absolute atomic E-state index is 12.9. The van der Waals surface area contributed by atoms with Gasteiger partial charge in [0.1, 0.15) is 17.1 Å². The number of ether oxygens (including phenoxy) is 1. The van der Waals surface area contributed by atoms with E-state index in [1.165, 1.54) is 6.20 Å². The molecular formula is C28H25N5O4. The predicted molar refractivity (Wildman–Crippen MR) is 143 cm³/mol. The third-order valence-electron chi connectivity index (χ3n) is 5.97. The predicted octanol–water partition coefficient (Wildman–Crippen LogP) is 4.32. The number of carbonyl (C=O) groups is 1. The van der Waals surface area contributed by atoms with Gasteiger partial charge in [-0.1, -0.05) is 42.5 Å². The number of H-pyrrole nitrogens is 2. The van der Waals surface area contributed by atoms with E-state index in [1.807, 2.05) is 30.3 Å². The maximum atomic E-state index is 12.9. The molecule has 5 rings (SSSR count). The van der Waals surface area contributed by atoms with Crippen molar-refractivity contribution in [3.8, 4) is 17.1 Å². The minimum atomic E-state index is -0.762. The summed E-state index contributed by atoms with van der Waals surface area (Å²) in [7, 11) is 1.54. The lowest BCUT2D eigenvalue weighted by molar-refractivity contribution is 0.102. The number of aromatic amines is 2. The van der Waals surface area contributed by atoms with Crippen molar-refractivity contribution in [1.29, 1.82) is 0 Å². The Morgan fingerprint density at radius 3 is 2.65 bits per heavy atom. The van der Waals surface area contributed by atoms with Crippen molar-refractivity contribution in [2.24, 2.45) is 0 Å². The highest BCUT2D eigenvalue weighted by Gasteiger charge is 2.18. The summed E-state index contributed by atoms with van der Waals surface area (Å²) in [5.41, 5.74) is 3.35. The Morgan fingerprint density at radius 2 is 1.84 bits per heavy atom. The van der Waals surface area contributed by atoms with Crippen molar-refractivity contribution in [2.75, 3.05) is 24.3 Å². The Balaban J connectivity index is 1.44. The molecule has 5 N–H and O–H groups in total. The summed E-state index contributed by atoms with van der Waals surface area (Å²) in [5.74, 6) is 0.601. The summed E-state index contributed by atoms with van der Waals surface area (Å²) in [6.07, 6.45) is 0.772. The zero-order valence-corrected chi connectivity index (χ0v) is 20.0. The van der Waals surface area contributed by atoms with Gasteiger partial charge in [0, 0.05) is 18.3 Å². The van der Waals surface area contributed by atoms with Crippen LogP contribution in [0.15, 0.2) is 89.9 Å². The van der Waals surface area contributed by atoms with Crippen LogP contribution in [0.4, 0.5) is 11.4 Å². The van der Waals surface area contributed by atoms with Crippen LogP contribution in [0, 0.1) is 0 Å². The smallest absolute Gasteiger partial charge is 0.261 e. The minimum absolute atomic E-state index is 0.197. The van der Waals surface area contributed by atoms with Crippen molar-refractivity contribution in [3.63, 3.8) is 0 Å². The Morgan fingerprint density at radius 1 is 1.03 bits per heavy atom. The zero-order chi connectivity index (χ0) is 25.8. The van der Waals surface area contributed by atoms with E-state index in [2.05, 4.69) is 25.6 Å². The largest absolute Gasteiger partial charge is 0.497 e. The van der Waals surface area contributed by atoms with Crippen LogP contribution >= 0.6 is 0 Å². The number of amides is 1. The molecule has 186 valence electrons. The number of para-hydroxylation sites is 1. The Kier molecular flexibility index (Phi) is 6.69. The summed E-state index contributed by atoms with van der Waals surface area (Å²) in [6.45, 7) is 0.197. The highest BCUT2D eigenvalue weighted by Crippen LogP contribution is 2.28. The molecule has 0 bridgehead atoms. The van der Waals surface area contributed by atoms with Crippen LogP contribution in [0.25, 0.3) is 22.4 Å². The number of carbonyl (C=O) groups excluding carboxylic acids is 1. The fourth-order valence-corrected chi connectivity index (χ4v) is 4.07. The van der Waals surface area contributed by atoms with Gasteiger partial charge < -0.3 is 30.4 Å². The fourth-order valence-electron chi connectivity index (χ4n) is 4.07. The number of imidazole rings is 1. The van der Waals surface area contributed by atoms with Gasteiger partial charge in [0.25, 0.3) is 11.5 Å². The van der Waals surface area contributed by atoms with Crippen molar-refractivity contribution >= 4 is 28.3 Å². The summed E-state index contributed by atoms with van der Waals surface area (Å²) < 4.78 is 5.21. The van der Waals surface area contributed by atoms with Gasteiger partial charge in [0.15, 0.2) is 0 Å². The van der Waals surface area contributed by atoms with E-state index in [0.29, 0.717) is 45.1 Å². The van der Waals surface area contributed by atoms with E-state index in [-0.39, 0.29) is 18.0 Å². The molecule has 0 unspecified atom stereocenters. The first-order chi connectivity index (χ1) is 18.0. The van der Waals surface area contributed by atoms with Crippen molar-refractivity contribution in [3.05, 3.63) is 107 Å². The highest BCUT2D eigenvalue weighted by molar-refractivity contribution is 6.08. The lowest BCUT2D eigenvalue weighted by atomic mass is 10.1.